The number of rotatable bonds is 2. The largest absolute Gasteiger partial charge is 0.366 e. The molecule has 116 valence electrons. The second-order valence-corrected chi connectivity index (χ2v) is 5.54. The summed E-state index contributed by atoms with van der Waals surface area (Å²) in [6.45, 7) is 4.34. The molecule has 1 fully saturated rings. The topological polar surface area (TPSA) is 15.3 Å². The minimum Gasteiger partial charge on any atom is -0.366 e. The molecule has 0 amide bonds. The van der Waals surface area contributed by atoms with Crippen LogP contribution in [0, 0.1) is 17.5 Å². The molecule has 0 bridgehead atoms. The molecule has 2 aromatic carbocycles. The normalized spacial score (nSPS) is 18.5. The lowest BCUT2D eigenvalue weighted by molar-refractivity contribution is 0.499. The Bertz CT molecular complexity index is 667. The third-order valence-electron chi connectivity index (χ3n) is 3.97. The van der Waals surface area contributed by atoms with Gasteiger partial charge in [-0.1, -0.05) is 6.07 Å². The first-order valence-corrected chi connectivity index (χ1v) is 7.28. The lowest BCUT2D eigenvalue weighted by Gasteiger charge is -2.36. The summed E-state index contributed by atoms with van der Waals surface area (Å²) >= 11 is 0. The fourth-order valence-electron chi connectivity index (χ4n) is 2.88. The highest BCUT2D eigenvalue weighted by molar-refractivity contribution is 5.70. The molecule has 22 heavy (non-hydrogen) atoms. The van der Waals surface area contributed by atoms with E-state index in [1.807, 2.05) is 11.8 Å². The molecular weight excluding hydrogens is 289 g/mol. The summed E-state index contributed by atoms with van der Waals surface area (Å²) < 4.78 is 41.8. The molecule has 0 radical (unpaired) electrons. The van der Waals surface area contributed by atoms with Gasteiger partial charge in [-0.3, -0.25) is 0 Å². The minimum atomic E-state index is -0.690. The summed E-state index contributed by atoms with van der Waals surface area (Å²) in [4.78, 5) is 2.04. The fourth-order valence-corrected chi connectivity index (χ4v) is 2.88. The van der Waals surface area contributed by atoms with Crippen LogP contribution in [0.2, 0.25) is 0 Å². The molecule has 2 aromatic rings. The van der Waals surface area contributed by atoms with Crippen molar-refractivity contribution in [1.29, 1.82) is 0 Å². The lowest BCUT2D eigenvalue weighted by atomic mass is 10.0. The van der Waals surface area contributed by atoms with E-state index >= 15 is 0 Å². The Labute approximate surface area is 127 Å². The molecule has 1 N–H and O–H groups in total. The predicted molar refractivity (Wildman–Crippen MR) is 81.4 cm³/mol. The van der Waals surface area contributed by atoms with Gasteiger partial charge < -0.3 is 10.2 Å². The third kappa shape index (κ3) is 2.81. The maximum Gasteiger partial charge on any atom is 0.133 e. The van der Waals surface area contributed by atoms with Crippen LogP contribution in [-0.4, -0.2) is 25.7 Å². The molecule has 3 rings (SSSR count). The van der Waals surface area contributed by atoms with Crippen LogP contribution in [0.5, 0.6) is 0 Å². The number of benzene rings is 2. The Morgan fingerprint density at radius 2 is 1.82 bits per heavy atom. The molecule has 0 spiro atoms. The molecule has 1 saturated heterocycles. The summed E-state index contributed by atoms with van der Waals surface area (Å²) in [7, 11) is 0. The maximum atomic E-state index is 14.0. The lowest BCUT2D eigenvalue weighted by Crippen LogP contribution is -2.49. The van der Waals surface area contributed by atoms with Crippen LogP contribution in [0.1, 0.15) is 6.92 Å². The van der Waals surface area contributed by atoms with Crippen molar-refractivity contribution in [1.82, 2.24) is 5.32 Å². The van der Waals surface area contributed by atoms with E-state index in [4.69, 9.17) is 0 Å². The van der Waals surface area contributed by atoms with Crippen LogP contribution >= 0.6 is 0 Å². The fraction of sp³-hybridized carbons (Fsp3) is 0.294. The van der Waals surface area contributed by atoms with Crippen LogP contribution in [0.25, 0.3) is 11.1 Å². The van der Waals surface area contributed by atoms with E-state index in [-0.39, 0.29) is 17.2 Å². The Kier molecular flexibility index (Phi) is 4.07. The van der Waals surface area contributed by atoms with Crippen LogP contribution in [0.3, 0.4) is 0 Å². The van der Waals surface area contributed by atoms with Gasteiger partial charge in [0, 0.05) is 31.4 Å². The van der Waals surface area contributed by atoms with Gasteiger partial charge in [0.15, 0.2) is 0 Å². The van der Waals surface area contributed by atoms with E-state index in [0.29, 0.717) is 5.69 Å². The van der Waals surface area contributed by atoms with E-state index in [0.717, 1.165) is 25.7 Å². The minimum absolute atomic E-state index is 0.189. The Morgan fingerprint density at radius 1 is 1.09 bits per heavy atom. The molecule has 0 aromatic heterocycles. The zero-order valence-electron chi connectivity index (χ0n) is 12.2. The van der Waals surface area contributed by atoms with E-state index in [9.17, 15) is 13.2 Å². The molecule has 1 atom stereocenters. The van der Waals surface area contributed by atoms with Gasteiger partial charge in [0.05, 0.1) is 5.56 Å². The van der Waals surface area contributed by atoms with Crippen molar-refractivity contribution in [2.75, 3.05) is 24.5 Å². The molecule has 1 aliphatic heterocycles. The number of nitrogens with zero attached hydrogens (tertiary/aromatic N) is 1. The summed E-state index contributed by atoms with van der Waals surface area (Å²) in [5, 5.41) is 3.26. The van der Waals surface area contributed by atoms with Crippen molar-refractivity contribution >= 4 is 5.69 Å². The SMILES string of the molecule is C[C@H]1CNCCN1c1cc(F)cc(-c2c(F)cccc2F)c1. The van der Waals surface area contributed by atoms with Crippen LogP contribution < -0.4 is 10.2 Å². The molecule has 1 heterocycles. The summed E-state index contributed by atoms with van der Waals surface area (Å²) in [6.07, 6.45) is 0. The predicted octanol–water partition coefficient (Wildman–Crippen LogP) is 3.57. The zero-order chi connectivity index (χ0) is 15.7. The van der Waals surface area contributed by atoms with Crippen LogP contribution in [-0.2, 0) is 0 Å². The first-order chi connectivity index (χ1) is 10.6. The van der Waals surface area contributed by atoms with Gasteiger partial charge in [-0.25, -0.2) is 13.2 Å². The van der Waals surface area contributed by atoms with Crippen molar-refractivity contribution in [3.8, 4) is 11.1 Å². The summed E-state index contributed by atoms with van der Waals surface area (Å²) in [5.74, 6) is -1.88. The molecule has 2 nitrogen and oxygen atoms in total. The second-order valence-electron chi connectivity index (χ2n) is 5.54. The first kappa shape index (κ1) is 14.9. The second kappa shape index (κ2) is 6.01. The molecule has 1 aliphatic rings. The number of halogens is 3. The Morgan fingerprint density at radius 3 is 2.50 bits per heavy atom. The van der Waals surface area contributed by atoms with E-state index in [1.54, 1.807) is 6.07 Å². The number of anilines is 1. The van der Waals surface area contributed by atoms with E-state index in [1.165, 1.54) is 24.3 Å². The van der Waals surface area contributed by atoms with Crippen LogP contribution in [0.15, 0.2) is 36.4 Å². The maximum absolute atomic E-state index is 14.0. The highest BCUT2D eigenvalue weighted by atomic mass is 19.1. The van der Waals surface area contributed by atoms with E-state index in [2.05, 4.69) is 5.32 Å². The number of hydrogen-bond acceptors (Lipinski definition) is 2. The highest BCUT2D eigenvalue weighted by Crippen LogP contribution is 2.31. The van der Waals surface area contributed by atoms with Gasteiger partial charge in [-0.05, 0) is 42.8 Å². The third-order valence-corrected chi connectivity index (χ3v) is 3.97. The van der Waals surface area contributed by atoms with Crippen molar-refractivity contribution in [2.24, 2.45) is 0 Å². The summed E-state index contributed by atoms with van der Waals surface area (Å²) in [5.41, 5.74) is 0.675. The number of nitrogens with one attached hydrogen (secondary N) is 1. The van der Waals surface area contributed by atoms with Gasteiger partial charge in [-0.2, -0.15) is 0 Å². The van der Waals surface area contributed by atoms with Crippen molar-refractivity contribution in [3.63, 3.8) is 0 Å². The zero-order valence-corrected chi connectivity index (χ0v) is 12.2. The number of hydrogen-bond donors (Lipinski definition) is 1. The Balaban J connectivity index is 2.07. The summed E-state index contributed by atoms with van der Waals surface area (Å²) in [6, 6.07) is 8.06. The Hall–Kier alpha value is -2.01. The molecule has 0 unspecified atom stereocenters. The first-order valence-electron chi connectivity index (χ1n) is 7.28. The smallest absolute Gasteiger partial charge is 0.133 e. The van der Waals surface area contributed by atoms with Crippen molar-refractivity contribution in [2.45, 2.75) is 13.0 Å². The van der Waals surface area contributed by atoms with Gasteiger partial charge in [-0.15, -0.1) is 0 Å². The molecule has 5 heteroatoms. The average Bonchev–Trinajstić information content (AvgIpc) is 2.47. The van der Waals surface area contributed by atoms with E-state index < -0.39 is 17.5 Å². The van der Waals surface area contributed by atoms with Crippen molar-refractivity contribution in [3.05, 3.63) is 53.8 Å². The highest BCUT2D eigenvalue weighted by Gasteiger charge is 2.20. The van der Waals surface area contributed by atoms with Gasteiger partial charge >= 0.3 is 0 Å². The monoisotopic (exact) mass is 306 g/mol. The molecule has 0 saturated carbocycles. The average molecular weight is 306 g/mol. The molecule has 0 aliphatic carbocycles. The van der Waals surface area contributed by atoms with Gasteiger partial charge in [0.25, 0.3) is 0 Å². The number of piperazine rings is 1. The van der Waals surface area contributed by atoms with Crippen LogP contribution in [0.4, 0.5) is 18.9 Å². The standard InChI is InChI=1S/C17H17F3N2/c1-11-10-21-5-6-22(11)14-8-12(7-13(18)9-14)17-15(19)3-2-4-16(17)20/h2-4,7-9,11,21H,5-6,10H2,1H3/t11-/m0/s1. The molecular formula is C17H17F3N2. The van der Waals surface area contributed by atoms with Crippen molar-refractivity contribution < 1.29 is 13.2 Å². The van der Waals surface area contributed by atoms with Gasteiger partial charge in [0.2, 0.25) is 0 Å². The van der Waals surface area contributed by atoms with Gasteiger partial charge in [0.1, 0.15) is 17.5 Å². The quantitative estimate of drug-likeness (QED) is 0.912.